The monoisotopic (exact) mass is 389 g/mol. The molecule has 3 nitrogen and oxygen atoms in total. The summed E-state index contributed by atoms with van der Waals surface area (Å²) in [5.74, 6) is 0.194. The van der Waals surface area contributed by atoms with Gasteiger partial charge in [0.25, 0.3) is 10.0 Å². The molecule has 1 saturated heterocycles. The lowest BCUT2D eigenvalue weighted by atomic mass is 9.95. The molecule has 3 rings (SSSR count). The van der Waals surface area contributed by atoms with E-state index in [0.29, 0.717) is 26.7 Å². The molecule has 0 amide bonds. The Bertz CT molecular complexity index is 772. The van der Waals surface area contributed by atoms with Crippen LogP contribution in [-0.4, -0.2) is 25.8 Å². The number of rotatable bonds is 3. The molecule has 1 fully saturated rings. The highest BCUT2D eigenvalue weighted by Crippen LogP contribution is 2.33. The summed E-state index contributed by atoms with van der Waals surface area (Å²) in [6, 6.07) is 10.9. The van der Waals surface area contributed by atoms with Crippen molar-refractivity contribution in [1.29, 1.82) is 0 Å². The maximum atomic E-state index is 12.8. The van der Waals surface area contributed by atoms with Gasteiger partial charge < -0.3 is 0 Å². The van der Waals surface area contributed by atoms with E-state index in [9.17, 15) is 8.42 Å². The van der Waals surface area contributed by atoms with Crippen LogP contribution in [-0.2, 0) is 10.0 Å². The van der Waals surface area contributed by atoms with Gasteiger partial charge in [-0.2, -0.15) is 4.31 Å². The van der Waals surface area contributed by atoms with Crippen molar-refractivity contribution in [3.05, 3.63) is 51.3 Å². The average molecular weight is 390 g/mol. The van der Waals surface area contributed by atoms with Crippen LogP contribution in [0.4, 0.5) is 0 Å². The molecule has 0 saturated carbocycles. The van der Waals surface area contributed by atoms with E-state index in [1.807, 2.05) is 24.3 Å². The van der Waals surface area contributed by atoms with Crippen LogP contribution < -0.4 is 0 Å². The molecule has 23 heavy (non-hydrogen) atoms. The minimum absolute atomic E-state index is 0.194. The summed E-state index contributed by atoms with van der Waals surface area (Å²) in [4.78, 5) is 0. The first-order chi connectivity index (χ1) is 11.0. The van der Waals surface area contributed by atoms with Crippen LogP contribution in [0.25, 0.3) is 0 Å². The van der Waals surface area contributed by atoms with Crippen LogP contribution in [0.15, 0.2) is 40.6 Å². The summed E-state index contributed by atoms with van der Waals surface area (Å²) in [7, 11) is -3.47. The lowest BCUT2D eigenvalue weighted by Crippen LogP contribution is -2.33. The van der Waals surface area contributed by atoms with Crippen LogP contribution in [0.3, 0.4) is 0 Å². The van der Waals surface area contributed by atoms with E-state index in [0.717, 1.165) is 36.2 Å². The summed E-state index contributed by atoms with van der Waals surface area (Å²) in [6.45, 7) is 1.06. The molecule has 1 atom stereocenters. The summed E-state index contributed by atoms with van der Waals surface area (Å²) < 4.78 is 28.1. The predicted molar refractivity (Wildman–Crippen MR) is 96.1 cm³/mol. The highest BCUT2D eigenvalue weighted by Gasteiger charge is 2.30. The molecule has 124 valence electrons. The second-order valence-electron chi connectivity index (χ2n) is 5.67. The normalized spacial score (nSPS) is 20.3. The minimum atomic E-state index is -3.47. The molecule has 7 heteroatoms. The molecule has 2 heterocycles. The standard InChI is InChI=1S/C16H17Cl2NO2S2/c17-14-6-4-12(5-7-14)13-3-1-2-10-19(11-13)23(20,21)16-9-8-15(18)22-16/h4-9,13H,1-3,10-11H2. The summed E-state index contributed by atoms with van der Waals surface area (Å²) in [5.41, 5.74) is 1.14. The first-order valence-corrected chi connectivity index (χ1v) is 10.5. The van der Waals surface area contributed by atoms with Crippen molar-refractivity contribution in [2.45, 2.75) is 29.4 Å². The number of sulfonamides is 1. The smallest absolute Gasteiger partial charge is 0.206 e. The third kappa shape index (κ3) is 3.91. The van der Waals surface area contributed by atoms with Gasteiger partial charge in [0.2, 0.25) is 0 Å². The maximum Gasteiger partial charge on any atom is 0.252 e. The molecule has 0 radical (unpaired) electrons. The second-order valence-corrected chi connectivity index (χ2v) is 9.98. The first kappa shape index (κ1) is 17.2. The van der Waals surface area contributed by atoms with Crippen molar-refractivity contribution in [3.63, 3.8) is 0 Å². The van der Waals surface area contributed by atoms with Gasteiger partial charge in [0.05, 0.1) is 4.34 Å². The number of thiophene rings is 1. The largest absolute Gasteiger partial charge is 0.252 e. The van der Waals surface area contributed by atoms with E-state index in [4.69, 9.17) is 23.2 Å². The van der Waals surface area contributed by atoms with Gasteiger partial charge in [-0.25, -0.2) is 8.42 Å². The van der Waals surface area contributed by atoms with E-state index in [2.05, 4.69) is 0 Å². The highest BCUT2D eigenvalue weighted by atomic mass is 35.5. The van der Waals surface area contributed by atoms with Crippen LogP contribution >= 0.6 is 34.5 Å². The zero-order valence-corrected chi connectivity index (χ0v) is 15.6. The Kier molecular flexibility index (Phi) is 5.33. The van der Waals surface area contributed by atoms with E-state index in [1.54, 1.807) is 16.4 Å². The Labute approximate surface area is 150 Å². The summed E-state index contributed by atoms with van der Waals surface area (Å²) >= 11 is 13.0. The van der Waals surface area contributed by atoms with Gasteiger partial charge in [0.15, 0.2) is 0 Å². The molecule has 0 bridgehead atoms. The van der Waals surface area contributed by atoms with Crippen LogP contribution in [0, 0.1) is 0 Å². The molecule has 0 spiro atoms. The van der Waals surface area contributed by atoms with Crippen molar-refractivity contribution in [2.24, 2.45) is 0 Å². The molecule has 0 aliphatic carbocycles. The molecule has 1 unspecified atom stereocenters. The highest BCUT2D eigenvalue weighted by molar-refractivity contribution is 7.91. The molecule has 2 aromatic rings. The molecule has 0 N–H and O–H groups in total. The quantitative estimate of drug-likeness (QED) is 0.739. The van der Waals surface area contributed by atoms with Gasteiger partial charge in [-0.1, -0.05) is 41.8 Å². The number of benzene rings is 1. The maximum absolute atomic E-state index is 12.8. The second kappa shape index (κ2) is 7.11. The van der Waals surface area contributed by atoms with Crippen LogP contribution in [0.5, 0.6) is 0 Å². The van der Waals surface area contributed by atoms with E-state index in [-0.39, 0.29) is 5.92 Å². The molecule has 1 aliphatic heterocycles. The van der Waals surface area contributed by atoms with Crippen LogP contribution in [0.1, 0.15) is 30.7 Å². The topological polar surface area (TPSA) is 37.4 Å². The number of hydrogen-bond donors (Lipinski definition) is 0. The Hall–Kier alpha value is -0.590. The molecule has 1 aromatic heterocycles. The molecular formula is C16H17Cl2NO2S2. The number of halogens is 2. The zero-order valence-electron chi connectivity index (χ0n) is 12.4. The first-order valence-electron chi connectivity index (χ1n) is 7.48. The fraction of sp³-hybridized carbons (Fsp3) is 0.375. The average Bonchev–Trinajstić information content (AvgIpc) is 2.82. The zero-order chi connectivity index (χ0) is 16.4. The van der Waals surface area contributed by atoms with E-state index in [1.165, 1.54) is 0 Å². The van der Waals surface area contributed by atoms with Gasteiger partial charge in [0.1, 0.15) is 4.21 Å². The molecule has 1 aliphatic rings. The SMILES string of the molecule is O=S(=O)(c1ccc(Cl)s1)N1CCCCC(c2ccc(Cl)cc2)C1. The fourth-order valence-electron chi connectivity index (χ4n) is 2.90. The van der Waals surface area contributed by atoms with Crippen molar-refractivity contribution in [3.8, 4) is 0 Å². The van der Waals surface area contributed by atoms with Crippen molar-refractivity contribution < 1.29 is 8.42 Å². The van der Waals surface area contributed by atoms with Crippen molar-refractivity contribution >= 4 is 44.6 Å². The van der Waals surface area contributed by atoms with E-state index < -0.39 is 10.0 Å². The molecular weight excluding hydrogens is 373 g/mol. The Morgan fingerprint density at radius 2 is 1.78 bits per heavy atom. The Morgan fingerprint density at radius 1 is 1.04 bits per heavy atom. The van der Waals surface area contributed by atoms with Crippen molar-refractivity contribution in [1.82, 2.24) is 4.31 Å². The third-order valence-electron chi connectivity index (χ3n) is 4.12. The summed E-state index contributed by atoms with van der Waals surface area (Å²) in [5, 5.41) is 0.695. The Balaban J connectivity index is 1.86. The van der Waals surface area contributed by atoms with Crippen molar-refractivity contribution in [2.75, 3.05) is 13.1 Å². The lowest BCUT2D eigenvalue weighted by molar-refractivity contribution is 0.407. The fourth-order valence-corrected chi connectivity index (χ4v) is 6.18. The van der Waals surface area contributed by atoms with Gasteiger partial charge in [-0.05, 0) is 48.6 Å². The third-order valence-corrected chi connectivity index (χ3v) is 7.93. The lowest BCUT2D eigenvalue weighted by Gasteiger charge is -2.23. The number of hydrogen-bond acceptors (Lipinski definition) is 3. The summed E-state index contributed by atoms with van der Waals surface area (Å²) in [6.07, 6.45) is 2.88. The molecule has 1 aromatic carbocycles. The van der Waals surface area contributed by atoms with Gasteiger partial charge >= 0.3 is 0 Å². The van der Waals surface area contributed by atoms with Crippen LogP contribution in [0.2, 0.25) is 9.36 Å². The van der Waals surface area contributed by atoms with E-state index >= 15 is 0 Å². The Morgan fingerprint density at radius 3 is 2.43 bits per heavy atom. The van der Waals surface area contributed by atoms with Gasteiger partial charge in [-0.3, -0.25) is 0 Å². The van der Waals surface area contributed by atoms with Gasteiger partial charge in [-0.15, -0.1) is 11.3 Å². The predicted octanol–water partition coefficient (Wildman–Crippen LogP) is 5.01. The minimum Gasteiger partial charge on any atom is -0.206 e. The van der Waals surface area contributed by atoms with Gasteiger partial charge in [0, 0.05) is 18.1 Å². The number of nitrogens with zero attached hydrogens (tertiary/aromatic N) is 1.